The molecule has 0 fully saturated rings. The first-order valence-corrected chi connectivity index (χ1v) is 6.29. The van der Waals surface area contributed by atoms with Crippen molar-refractivity contribution in [1.29, 1.82) is 0 Å². The Morgan fingerprint density at radius 2 is 2.18 bits per heavy atom. The van der Waals surface area contributed by atoms with Gasteiger partial charge in [0.1, 0.15) is 0 Å². The van der Waals surface area contributed by atoms with Crippen molar-refractivity contribution >= 4 is 40.5 Å². The summed E-state index contributed by atoms with van der Waals surface area (Å²) >= 11 is 13.0. The quantitative estimate of drug-likeness (QED) is 0.620. The topological polar surface area (TPSA) is 39.2 Å². The van der Waals surface area contributed by atoms with Crippen LogP contribution in [-0.2, 0) is 0 Å². The lowest BCUT2D eigenvalue weighted by Crippen LogP contribution is -2.09. The molecule has 0 atom stereocenters. The van der Waals surface area contributed by atoms with E-state index in [1.807, 2.05) is 6.92 Å². The molecule has 1 heterocycles. The van der Waals surface area contributed by atoms with Crippen molar-refractivity contribution in [3.05, 3.63) is 44.3 Å². The number of thiazole rings is 1. The van der Waals surface area contributed by atoms with Crippen LogP contribution in [0.1, 0.15) is 15.5 Å². The number of nitrogens with zero attached hydrogens (tertiary/aromatic N) is 1. The van der Waals surface area contributed by atoms with E-state index >= 15 is 0 Å². The van der Waals surface area contributed by atoms with Crippen LogP contribution < -0.4 is 4.74 Å². The van der Waals surface area contributed by atoms with Gasteiger partial charge in [-0.05, 0) is 19.1 Å². The van der Waals surface area contributed by atoms with Gasteiger partial charge in [0.05, 0.1) is 10.0 Å². The molecule has 1 aromatic carbocycles. The number of ether oxygens (including phenoxy) is 1. The Morgan fingerprint density at radius 1 is 1.41 bits per heavy atom. The van der Waals surface area contributed by atoms with Gasteiger partial charge in [-0.2, -0.15) is 0 Å². The molecule has 0 radical (unpaired) electrons. The van der Waals surface area contributed by atoms with Crippen molar-refractivity contribution < 1.29 is 9.53 Å². The number of carbonyl (C=O) groups is 1. The number of halogens is 2. The van der Waals surface area contributed by atoms with E-state index in [1.165, 1.54) is 17.4 Å². The van der Waals surface area contributed by atoms with Gasteiger partial charge in [0.2, 0.25) is 0 Å². The van der Waals surface area contributed by atoms with Gasteiger partial charge < -0.3 is 4.74 Å². The zero-order valence-electron chi connectivity index (χ0n) is 8.74. The monoisotopic (exact) mass is 287 g/mol. The molecule has 88 valence electrons. The van der Waals surface area contributed by atoms with E-state index in [1.54, 1.807) is 17.5 Å². The number of hydrogen-bond acceptors (Lipinski definition) is 4. The molecule has 0 amide bonds. The zero-order valence-corrected chi connectivity index (χ0v) is 11.1. The van der Waals surface area contributed by atoms with Crippen molar-refractivity contribution in [2.24, 2.45) is 0 Å². The van der Waals surface area contributed by atoms with Crippen LogP contribution >= 0.6 is 34.5 Å². The predicted octanol–water partition coefficient (Wildman–Crippen LogP) is 3.98. The van der Waals surface area contributed by atoms with Crippen LogP contribution in [0.4, 0.5) is 0 Å². The zero-order chi connectivity index (χ0) is 12.4. The van der Waals surface area contributed by atoms with Crippen LogP contribution in [0, 0.1) is 6.92 Å². The number of aryl methyl sites for hydroxylation is 1. The molecular formula is C11H7Cl2NO2S. The maximum absolute atomic E-state index is 11.7. The Balaban J connectivity index is 2.21. The number of esters is 1. The van der Waals surface area contributed by atoms with Crippen LogP contribution in [0.15, 0.2) is 23.6 Å². The van der Waals surface area contributed by atoms with E-state index < -0.39 is 5.97 Å². The van der Waals surface area contributed by atoms with Crippen LogP contribution in [0.25, 0.3) is 0 Å². The summed E-state index contributed by atoms with van der Waals surface area (Å²) in [5, 5.41) is 3.21. The predicted molar refractivity (Wildman–Crippen MR) is 68.3 cm³/mol. The molecule has 1 aromatic heterocycles. The second-order valence-corrected chi connectivity index (χ2v) is 5.12. The summed E-state index contributed by atoms with van der Waals surface area (Å²) in [6.45, 7) is 1.81. The molecule has 0 spiro atoms. The molecule has 0 aliphatic heterocycles. The third-order valence-corrected chi connectivity index (χ3v) is 3.24. The largest absolute Gasteiger partial charge is 0.420 e. The Morgan fingerprint density at radius 3 is 2.82 bits per heavy atom. The van der Waals surface area contributed by atoms with Crippen molar-refractivity contribution in [2.45, 2.75) is 6.92 Å². The van der Waals surface area contributed by atoms with Crippen LogP contribution in [0.3, 0.4) is 0 Å². The van der Waals surface area contributed by atoms with E-state index in [0.717, 1.165) is 5.01 Å². The summed E-state index contributed by atoms with van der Waals surface area (Å²) in [7, 11) is 0. The lowest BCUT2D eigenvalue weighted by Gasteiger charge is -2.04. The summed E-state index contributed by atoms with van der Waals surface area (Å²) in [5.74, 6) is -0.312. The summed E-state index contributed by atoms with van der Waals surface area (Å²) < 4.78 is 5.11. The lowest BCUT2D eigenvalue weighted by molar-refractivity contribution is 0.0729. The summed E-state index contributed by atoms with van der Waals surface area (Å²) in [5.41, 5.74) is 0.267. The van der Waals surface area contributed by atoms with Gasteiger partial charge in [-0.3, -0.25) is 0 Å². The standard InChI is InChI=1S/C11H7Cl2NO2S/c1-6-14-9(5-17-6)11(15)16-10-4-7(12)2-3-8(10)13/h2-5H,1H3. The minimum Gasteiger partial charge on any atom is -0.420 e. The molecule has 0 N–H and O–H groups in total. The van der Waals surface area contributed by atoms with Crippen molar-refractivity contribution in [3.8, 4) is 5.75 Å². The smallest absolute Gasteiger partial charge is 0.363 e. The Kier molecular flexibility index (Phi) is 3.66. The minimum absolute atomic E-state index is 0.231. The first-order valence-electron chi connectivity index (χ1n) is 4.65. The number of rotatable bonds is 2. The summed E-state index contributed by atoms with van der Waals surface area (Å²) in [6.07, 6.45) is 0. The third kappa shape index (κ3) is 2.97. The molecule has 2 aromatic rings. The summed E-state index contributed by atoms with van der Waals surface area (Å²) in [6, 6.07) is 4.67. The highest BCUT2D eigenvalue weighted by Crippen LogP contribution is 2.28. The van der Waals surface area contributed by atoms with Crippen molar-refractivity contribution in [3.63, 3.8) is 0 Å². The number of aromatic nitrogens is 1. The fourth-order valence-electron chi connectivity index (χ4n) is 1.16. The molecule has 0 saturated heterocycles. The van der Waals surface area contributed by atoms with E-state index in [2.05, 4.69) is 4.98 Å². The van der Waals surface area contributed by atoms with Gasteiger partial charge in [0.25, 0.3) is 0 Å². The van der Waals surface area contributed by atoms with Crippen molar-refractivity contribution in [1.82, 2.24) is 4.98 Å². The molecule has 0 unspecified atom stereocenters. The molecule has 17 heavy (non-hydrogen) atoms. The maximum atomic E-state index is 11.7. The highest BCUT2D eigenvalue weighted by Gasteiger charge is 2.14. The Hall–Kier alpha value is -1.10. The van der Waals surface area contributed by atoms with E-state index in [0.29, 0.717) is 10.0 Å². The van der Waals surface area contributed by atoms with Gasteiger partial charge in [-0.1, -0.05) is 23.2 Å². The van der Waals surface area contributed by atoms with Gasteiger partial charge in [0, 0.05) is 16.5 Å². The van der Waals surface area contributed by atoms with E-state index in [-0.39, 0.29) is 11.4 Å². The van der Waals surface area contributed by atoms with Crippen LogP contribution in [0.5, 0.6) is 5.75 Å². The summed E-state index contributed by atoms with van der Waals surface area (Å²) in [4.78, 5) is 15.7. The van der Waals surface area contributed by atoms with E-state index in [9.17, 15) is 4.79 Å². The van der Waals surface area contributed by atoms with Gasteiger partial charge in [0.15, 0.2) is 11.4 Å². The highest BCUT2D eigenvalue weighted by molar-refractivity contribution is 7.09. The maximum Gasteiger partial charge on any atom is 0.363 e. The third-order valence-electron chi connectivity index (χ3n) is 1.92. The first-order chi connectivity index (χ1) is 8.06. The second kappa shape index (κ2) is 5.04. The fraction of sp³-hybridized carbons (Fsp3) is 0.0909. The normalized spacial score (nSPS) is 10.3. The first kappa shape index (κ1) is 12.4. The van der Waals surface area contributed by atoms with Gasteiger partial charge >= 0.3 is 5.97 Å². The molecule has 0 saturated carbocycles. The number of carbonyl (C=O) groups excluding carboxylic acids is 1. The van der Waals surface area contributed by atoms with Crippen LogP contribution in [0.2, 0.25) is 10.0 Å². The Bertz CT molecular complexity index is 568. The number of benzene rings is 1. The molecule has 0 aliphatic rings. The van der Waals surface area contributed by atoms with Crippen molar-refractivity contribution in [2.75, 3.05) is 0 Å². The Labute approximate surface area is 112 Å². The highest BCUT2D eigenvalue weighted by atomic mass is 35.5. The fourth-order valence-corrected chi connectivity index (χ4v) is 2.07. The average Bonchev–Trinajstić information content (AvgIpc) is 2.70. The molecular weight excluding hydrogens is 281 g/mol. The molecule has 3 nitrogen and oxygen atoms in total. The molecule has 0 aliphatic carbocycles. The number of hydrogen-bond donors (Lipinski definition) is 0. The van der Waals surface area contributed by atoms with E-state index in [4.69, 9.17) is 27.9 Å². The second-order valence-electron chi connectivity index (χ2n) is 3.22. The average molecular weight is 288 g/mol. The SMILES string of the molecule is Cc1nc(C(=O)Oc2cc(Cl)ccc2Cl)cs1. The lowest BCUT2D eigenvalue weighted by atomic mass is 10.3. The molecule has 0 bridgehead atoms. The van der Waals surface area contributed by atoms with Gasteiger partial charge in [-0.15, -0.1) is 11.3 Å². The van der Waals surface area contributed by atoms with Gasteiger partial charge in [-0.25, -0.2) is 9.78 Å². The minimum atomic E-state index is -0.543. The van der Waals surface area contributed by atoms with Crippen LogP contribution in [-0.4, -0.2) is 11.0 Å². The molecule has 2 rings (SSSR count). The molecule has 6 heteroatoms.